The van der Waals surface area contributed by atoms with Crippen LogP contribution in [0.1, 0.15) is 25.3 Å². The van der Waals surface area contributed by atoms with Crippen LogP contribution in [-0.2, 0) is 20.9 Å². The number of ether oxygens (including phenoxy) is 1. The second kappa shape index (κ2) is 6.52. The molecule has 2 atom stereocenters. The van der Waals surface area contributed by atoms with Gasteiger partial charge >= 0.3 is 11.9 Å². The van der Waals surface area contributed by atoms with Crippen LogP contribution in [0.15, 0.2) is 30.3 Å². The zero-order valence-electron chi connectivity index (χ0n) is 11.5. The second-order valence-electron chi connectivity index (χ2n) is 4.86. The summed E-state index contributed by atoms with van der Waals surface area (Å²) in [5, 5.41) is 9.30. The van der Waals surface area contributed by atoms with Gasteiger partial charge in [-0.1, -0.05) is 30.3 Å². The van der Waals surface area contributed by atoms with Crippen molar-refractivity contribution in [3.05, 3.63) is 35.9 Å². The molecule has 2 rings (SSSR count). The van der Waals surface area contributed by atoms with E-state index in [1.165, 1.54) is 0 Å². The van der Waals surface area contributed by atoms with E-state index in [-0.39, 0.29) is 5.97 Å². The summed E-state index contributed by atoms with van der Waals surface area (Å²) in [7, 11) is 0. The number of carbonyl (C=O) groups excluding carboxylic acids is 1. The number of carboxylic acid groups (broad SMARTS) is 1. The van der Waals surface area contributed by atoms with Gasteiger partial charge in [0, 0.05) is 6.54 Å². The molecule has 1 heterocycles. The Labute approximate surface area is 118 Å². The highest BCUT2D eigenvalue weighted by Gasteiger charge is 2.42. The number of rotatable bonds is 5. The molecule has 0 bridgehead atoms. The van der Waals surface area contributed by atoms with E-state index in [2.05, 4.69) is 0 Å². The first kappa shape index (κ1) is 14.5. The molecule has 1 aromatic rings. The SMILES string of the molecule is CCOC(=O)[C@@H]1CC[C@H](C(=O)O)N1Cc1ccccc1. The Morgan fingerprint density at radius 1 is 1.25 bits per heavy atom. The molecule has 0 unspecified atom stereocenters. The van der Waals surface area contributed by atoms with Crippen molar-refractivity contribution < 1.29 is 19.4 Å². The topological polar surface area (TPSA) is 66.8 Å². The molecule has 5 nitrogen and oxygen atoms in total. The average molecular weight is 277 g/mol. The number of likely N-dealkylation sites (tertiary alicyclic amines) is 1. The van der Waals surface area contributed by atoms with Crippen molar-refractivity contribution in [2.24, 2.45) is 0 Å². The van der Waals surface area contributed by atoms with Crippen LogP contribution < -0.4 is 0 Å². The molecule has 108 valence electrons. The van der Waals surface area contributed by atoms with Crippen molar-refractivity contribution in [3.8, 4) is 0 Å². The monoisotopic (exact) mass is 277 g/mol. The molecule has 5 heteroatoms. The van der Waals surface area contributed by atoms with Gasteiger partial charge in [-0.2, -0.15) is 0 Å². The first-order valence-electron chi connectivity index (χ1n) is 6.82. The predicted molar refractivity (Wildman–Crippen MR) is 73.1 cm³/mol. The summed E-state index contributed by atoms with van der Waals surface area (Å²) in [5.41, 5.74) is 0.995. The first-order valence-corrected chi connectivity index (χ1v) is 6.82. The van der Waals surface area contributed by atoms with Gasteiger partial charge in [0.15, 0.2) is 0 Å². The van der Waals surface area contributed by atoms with E-state index < -0.39 is 18.1 Å². The fraction of sp³-hybridized carbons (Fsp3) is 0.467. The van der Waals surface area contributed by atoms with Crippen LogP contribution in [-0.4, -0.2) is 40.6 Å². The molecule has 0 spiro atoms. The Hall–Kier alpha value is -1.88. The van der Waals surface area contributed by atoms with Crippen molar-refractivity contribution in [2.75, 3.05) is 6.61 Å². The number of hydrogen-bond donors (Lipinski definition) is 1. The molecular formula is C15H19NO4. The van der Waals surface area contributed by atoms with Gasteiger partial charge in [-0.05, 0) is 25.3 Å². The fourth-order valence-corrected chi connectivity index (χ4v) is 2.64. The largest absolute Gasteiger partial charge is 0.480 e. The third kappa shape index (κ3) is 3.17. The third-order valence-electron chi connectivity index (χ3n) is 3.57. The minimum Gasteiger partial charge on any atom is -0.480 e. The van der Waals surface area contributed by atoms with E-state index in [0.717, 1.165) is 5.56 Å². The minimum absolute atomic E-state index is 0.312. The number of hydrogen-bond acceptors (Lipinski definition) is 4. The van der Waals surface area contributed by atoms with Crippen LogP contribution in [0.2, 0.25) is 0 Å². The van der Waals surface area contributed by atoms with Crippen molar-refractivity contribution in [1.82, 2.24) is 4.90 Å². The van der Waals surface area contributed by atoms with Gasteiger partial charge in [0.2, 0.25) is 0 Å². The second-order valence-corrected chi connectivity index (χ2v) is 4.86. The molecular weight excluding hydrogens is 258 g/mol. The van der Waals surface area contributed by atoms with Gasteiger partial charge in [0.05, 0.1) is 6.61 Å². The number of aliphatic carboxylic acids is 1. The maximum absolute atomic E-state index is 12.0. The van der Waals surface area contributed by atoms with E-state index >= 15 is 0 Å². The smallest absolute Gasteiger partial charge is 0.323 e. The summed E-state index contributed by atoms with van der Waals surface area (Å²) in [6.07, 6.45) is 1.01. The van der Waals surface area contributed by atoms with Crippen molar-refractivity contribution in [1.29, 1.82) is 0 Å². The van der Waals surface area contributed by atoms with E-state index in [1.54, 1.807) is 11.8 Å². The molecule has 1 aromatic carbocycles. The zero-order valence-corrected chi connectivity index (χ0v) is 11.5. The predicted octanol–water partition coefficient (Wildman–Crippen LogP) is 1.67. The van der Waals surface area contributed by atoms with Gasteiger partial charge in [-0.3, -0.25) is 14.5 Å². The highest BCUT2D eigenvalue weighted by atomic mass is 16.5. The number of carboxylic acids is 1. The Kier molecular flexibility index (Phi) is 4.74. The number of carbonyl (C=O) groups is 2. The molecule has 1 fully saturated rings. The van der Waals surface area contributed by atoms with E-state index in [9.17, 15) is 14.7 Å². The van der Waals surface area contributed by atoms with E-state index in [4.69, 9.17) is 4.74 Å². The van der Waals surface area contributed by atoms with Gasteiger partial charge in [-0.15, -0.1) is 0 Å². The Morgan fingerprint density at radius 3 is 2.50 bits per heavy atom. The Morgan fingerprint density at radius 2 is 1.90 bits per heavy atom. The standard InChI is InChI=1S/C15H19NO4/c1-2-20-15(19)13-9-8-12(14(17)18)16(13)10-11-6-4-3-5-7-11/h3-7,12-13H,2,8-10H2,1H3,(H,17,18)/t12-,13+/m1/s1. The summed E-state index contributed by atoms with van der Waals surface area (Å²) in [6.45, 7) is 2.51. The lowest BCUT2D eigenvalue weighted by Crippen LogP contribution is -2.44. The number of nitrogens with zero attached hydrogens (tertiary/aromatic N) is 1. The normalized spacial score (nSPS) is 22.6. The lowest BCUT2D eigenvalue weighted by atomic mass is 10.2. The van der Waals surface area contributed by atoms with Crippen LogP contribution in [0.3, 0.4) is 0 Å². The zero-order chi connectivity index (χ0) is 14.5. The lowest BCUT2D eigenvalue weighted by molar-refractivity contribution is -0.151. The van der Waals surface area contributed by atoms with Crippen molar-refractivity contribution in [2.45, 2.75) is 38.4 Å². The van der Waals surface area contributed by atoms with Crippen molar-refractivity contribution >= 4 is 11.9 Å². The lowest BCUT2D eigenvalue weighted by Gasteiger charge is -2.26. The molecule has 0 saturated carbocycles. The molecule has 0 aromatic heterocycles. The van der Waals surface area contributed by atoms with Crippen LogP contribution in [0.5, 0.6) is 0 Å². The summed E-state index contributed by atoms with van der Waals surface area (Å²) in [6, 6.07) is 8.49. The molecule has 20 heavy (non-hydrogen) atoms. The van der Waals surface area contributed by atoms with E-state index in [1.807, 2.05) is 30.3 Å². The number of benzene rings is 1. The van der Waals surface area contributed by atoms with Crippen molar-refractivity contribution in [3.63, 3.8) is 0 Å². The summed E-state index contributed by atoms with van der Waals surface area (Å²) >= 11 is 0. The first-order chi connectivity index (χ1) is 9.63. The molecule has 0 radical (unpaired) electrons. The maximum Gasteiger partial charge on any atom is 0.323 e. The molecule has 1 N–H and O–H groups in total. The van der Waals surface area contributed by atoms with Gasteiger partial charge in [0.25, 0.3) is 0 Å². The van der Waals surface area contributed by atoms with Crippen LogP contribution >= 0.6 is 0 Å². The van der Waals surface area contributed by atoms with Gasteiger partial charge in [0.1, 0.15) is 12.1 Å². The van der Waals surface area contributed by atoms with Crippen LogP contribution in [0.25, 0.3) is 0 Å². The average Bonchev–Trinajstić information content (AvgIpc) is 2.84. The summed E-state index contributed by atoms with van der Waals surface area (Å²) in [4.78, 5) is 25.0. The third-order valence-corrected chi connectivity index (χ3v) is 3.57. The van der Waals surface area contributed by atoms with Crippen LogP contribution in [0.4, 0.5) is 0 Å². The molecule has 0 aliphatic carbocycles. The molecule has 1 saturated heterocycles. The Bertz CT molecular complexity index is 474. The molecule has 1 aliphatic heterocycles. The van der Waals surface area contributed by atoms with E-state index in [0.29, 0.717) is 26.0 Å². The van der Waals surface area contributed by atoms with Crippen LogP contribution in [0, 0.1) is 0 Å². The highest BCUT2D eigenvalue weighted by molar-refractivity contribution is 5.80. The summed E-state index contributed by atoms with van der Waals surface area (Å²) < 4.78 is 5.05. The minimum atomic E-state index is -0.882. The van der Waals surface area contributed by atoms with Gasteiger partial charge in [-0.25, -0.2) is 0 Å². The summed E-state index contributed by atoms with van der Waals surface area (Å²) in [5.74, 6) is -1.21. The quantitative estimate of drug-likeness (QED) is 0.829. The maximum atomic E-state index is 12.0. The highest BCUT2D eigenvalue weighted by Crippen LogP contribution is 2.27. The molecule has 1 aliphatic rings. The fourth-order valence-electron chi connectivity index (χ4n) is 2.64. The van der Waals surface area contributed by atoms with Gasteiger partial charge < -0.3 is 9.84 Å². The molecule has 0 amide bonds. The number of esters is 1. The Balaban J connectivity index is 2.16.